The van der Waals surface area contributed by atoms with E-state index in [0.717, 1.165) is 24.3 Å². The molecule has 2 aromatic heterocycles. The summed E-state index contributed by atoms with van der Waals surface area (Å²) in [7, 11) is 1.75. The fraction of sp³-hybridized carbons (Fsp3) is 0.333. The van der Waals surface area contributed by atoms with Crippen molar-refractivity contribution in [1.29, 1.82) is 0 Å². The van der Waals surface area contributed by atoms with Crippen LogP contribution in [0.25, 0.3) is 10.8 Å². The van der Waals surface area contributed by atoms with E-state index in [2.05, 4.69) is 4.98 Å². The molecule has 4 nitrogen and oxygen atoms in total. The molecule has 1 fully saturated rings. The quantitative estimate of drug-likeness (QED) is 0.715. The summed E-state index contributed by atoms with van der Waals surface area (Å²) in [5.74, 6) is 0.397. The van der Waals surface area contributed by atoms with Gasteiger partial charge in [-0.15, -0.1) is 0 Å². The van der Waals surface area contributed by atoms with Crippen molar-refractivity contribution < 1.29 is 4.74 Å². The highest BCUT2D eigenvalue weighted by molar-refractivity contribution is 5.80. The van der Waals surface area contributed by atoms with Crippen molar-refractivity contribution in [3.05, 3.63) is 40.6 Å². The summed E-state index contributed by atoms with van der Waals surface area (Å²) in [6, 6.07) is 3.94. The molecule has 0 unspecified atom stereocenters. The van der Waals surface area contributed by atoms with Crippen LogP contribution in [0.5, 0.6) is 0 Å². The van der Waals surface area contributed by atoms with Crippen molar-refractivity contribution in [3.8, 4) is 0 Å². The standard InChI is InChI=1S/C12H12N2O2/c1-14-3-2-8-4-11(9-6-16-7-9)13-5-10(8)12(14)15/h2-5,9H,6-7H2,1H3. The first-order chi connectivity index (χ1) is 7.75. The summed E-state index contributed by atoms with van der Waals surface area (Å²) < 4.78 is 6.70. The average molecular weight is 216 g/mol. The van der Waals surface area contributed by atoms with E-state index in [1.54, 1.807) is 24.0 Å². The van der Waals surface area contributed by atoms with Gasteiger partial charge in [0.25, 0.3) is 5.56 Å². The summed E-state index contributed by atoms with van der Waals surface area (Å²) in [4.78, 5) is 16.1. The van der Waals surface area contributed by atoms with E-state index >= 15 is 0 Å². The SMILES string of the molecule is Cn1ccc2cc(C3COC3)ncc2c1=O. The summed E-state index contributed by atoms with van der Waals surface area (Å²) in [5.41, 5.74) is 1.02. The van der Waals surface area contributed by atoms with Crippen LogP contribution < -0.4 is 5.56 Å². The van der Waals surface area contributed by atoms with Crippen molar-refractivity contribution in [2.45, 2.75) is 5.92 Å². The highest BCUT2D eigenvalue weighted by atomic mass is 16.5. The molecule has 0 bridgehead atoms. The highest BCUT2D eigenvalue weighted by Crippen LogP contribution is 2.23. The van der Waals surface area contributed by atoms with Crippen LogP contribution in [0.15, 0.2) is 29.3 Å². The lowest BCUT2D eigenvalue weighted by atomic mass is 10.0. The number of aromatic nitrogens is 2. The zero-order valence-electron chi connectivity index (χ0n) is 9.01. The number of ether oxygens (including phenoxy) is 1. The minimum atomic E-state index is 0.00131. The summed E-state index contributed by atoms with van der Waals surface area (Å²) in [6.45, 7) is 1.48. The van der Waals surface area contributed by atoms with Crippen LogP contribution in [0.3, 0.4) is 0 Å². The maximum Gasteiger partial charge on any atom is 0.259 e. The molecule has 0 spiro atoms. The first-order valence-corrected chi connectivity index (χ1v) is 5.29. The van der Waals surface area contributed by atoms with E-state index in [9.17, 15) is 4.79 Å². The minimum absolute atomic E-state index is 0.00131. The van der Waals surface area contributed by atoms with E-state index in [0.29, 0.717) is 11.3 Å². The average Bonchev–Trinajstić information content (AvgIpc) is 2.21. The number of fused-ring (bicyclic) bond motifs is 1. The smallest absolute Gasteiger partial charge is 0.259 e. The molecular weight excluding hydrogens is 204 g/mol. The Labute approximate surface area is 92.5 Å². The number of hydrogen-bond donors (Lipinski definition) is 0. The molecule has 4 heteroatoms. The minimum Gasteiger partial charge on any atom is -0.380 e. The lowest BCUT2D eigenvalue weighted by Crippen LogP contribution is -2.26. The maximum atomic E-state index is 11.8. The molecule has 3 heterocycles. The third kappa shape index (κ3) is 1.34. The highest BCUT2D eigenvalue weighted by Gasteiger charge is 2.22. The molecule has 82 valence electrons. The molecule has 16 heavy (non-hydrogen) atoms. The molecule has 0 aliphatic carbocycles. The van der Waals surface area contributed by atoms with Gasteiger partial charge in [0.05, 0.1) is 18.6 Å². The number of hydrogen-bond acceptors (Lipinski definition) is 3. The molecular formula is C12H12N2O2. The normalized spacial score (nSPS) is 16.3. The van der Waals surface area contributed by atoms with Gasteiger partial charge in [0.15, 0.2) is 0 Å². The molecule has 1 aliphatic heterocycles. The largest absolute Gasteiger partial charge is 0.380 e. The third-order valence-electron chi connectivity index (χ3n) is 3.04. The third-order valence-corrected chi connectivity index (χ3v) is 3.04. The molecule has 0 aromatic carbocycles. The van der Waals surface area contributed by atoms with E-state index in [1.165, 1.54) is 0 Å². The van der Waals surface area contributed by atoms with Gasteiger partial charge >= 0.3 is 0 Å². The zero-order valence-corrected chi connectivity index (χ0v) is 9.01. The Balaban J connectivity index is 2.18. The predicted molar refractivity (Wildman–Crippen MR) is 60.5 cm³/mol. The summed E-state index contributed by atoms with van der Waals surface area (Å²) in [5, 5.41) is 1.63. The van der Waals surface area contributed by atoms with Crippen molar-refractivity contribution in [2.24, 2.45) is 7.05 Å². The molecule has 0 atom stereocenters. The Morgan fingerprint density at radius 1 is 1.50 bits per heavy atom. The van der Waals surface area contributed by atoms with E-state index in [-0.39, 0.29) is 5.56 Å². The van der Waals surface area contributed by atoms with Crippen LogP contribution in [-0.2, 0) is 11.8 Å². The predicted octanol–water partition coefficient (Wildman–Crippen LogP) is 1.05. The van der Waals surface area contributed by atoms with Gasteiger partial charge in [-0.25, -0.2) is 0 Å². The molecule has 3 rings (SSSR count). The van der Waals surface area contributed by atoms with Gasteiger partial charge in [0.1, 0.15) is 0 Å². The Bertz CT molecular complexity index is 599. The lowest BCUT2D eigenvalue weighted by molar-refractivity contribution is 0.00678. The Morgan fingerprint density at radius 3 is 3.00 bits per heavy atom. The first-order valence-electron chi connectivity index (χ1n) is 5.29. The van der Waals surface area contributed by atoms with E-state index < -0.39 is 0 Å². The maximum absolute atomic E-state index is 11.8. The van der Waals surface area contributed by atoms with Crippen molar-refractivity contribution in [3.63, 3.8) is 0 Å². The monoisotopic (exact) mass is 216 g/mol. The van der Waals surface area contributed by atoms with Gasteiger partial charge in [-0.3, -0.25) is 9.78 Å². The number of rotatable bonds is 1. The fourth-order valence-electron chi connectivity index (χ4n) is 1.88. The van der Waals surface area contributed by atoms with Crippen LogP contribution >= 0.6 is 0 Å². The van der Waals surface area contributed by atoms with Gasteiger partial charge < -0.3 is 9.30 Å². The van der Waals surface area contributed by atoms with Crippen LogP contribution in [0.4, 0.5) is 0 Å². The van der Waals surface area contributed by atoms with Crippen LogP contribution in [0, 0.1) is 0 Å². The summed E-state index contributed by atoms with van der Waals surface area (Å²) in [6.07, 6.45) is 3.46. The molecule has 1 saturated heterocycles. The molecule has 0 amide bonds. The number of nitrogens with zero attached hydrogens (tertiary/aromatic N) is 2. The zero-order chi connectivity index (χ0) is 11.1. The van der Waals surface area contributed by atoms with Crippen LogP contribution in [-0.4, -0.2) is 22.8 Å². The van der Waals surface area contributed by atoms with Crippen molar-refractivity contribution >= 4 is 10.8 Å². The Hall–Kier alpha value is -1.68. The van der Waals surface area contributed by atoms with Crippen molar-refractivity contribution in [1.82, 2.24) is 9.55 Å². The molecule has 0 radical (unpaired) electrons. The van der Waals surface area contributed by atoms with Gasteiger partial charge in [0, 0.05) is 31.1 Å². The van der Waals surface area contributed by atoms with Gasteiger partial charge in [0.2, 0.25) is 0 Å². The van der Waals surface area contributed by atoms with Crippen LogP contribution in [0.1, 0.15) is 11.6 Å². The number of pyridine rings is 2. The molecule has 2 aromatic rings. The molecule has 1 aliphatic rings. The second-order valence-electron chi connectivity index (χ2n) is 4.16. The summed E-state index contributed by atoms with van der Waals surface area (Å²) >= 11 is 0. The van der Waals surface area contributed by atoms with E-state index in [1.807, 2.05) is 12.1 Å². The van der Waals surface area contributed by atoms with Gasteiger partial charge in [-0.05, 0) is 17.5 Å². The van der Waals surface area contributed by atoms with Gasteiger partial charge in [-0.2, -0.15) is 0 Å². The number of aryl methyl sites for hydroxylation is 1. The van der Waals surface area contributed by atoms with Crippen LogP contribution in [0.2, 0.25) is 0 Å². The Morgan fingerprint density at radius 2 is 2.31 bits per heavy atom. The Kier molecular flexibility index (Phi) is 2.04. The lowest BCUT2D eigenvalue weighted by Gasteiger charge is -2.25. The second kappa shape index (κ2) is 3.42. The van der Waals surface area contributed by atoms with Crippen molar-refractivity contribution in [2.75, 3.05) is 13.2 Å². The molecule has 0 saturated carbocycles. The first kappa shape index (κ1) is 9.54. The van der Waals surface area contributed by atoms with Gasteiger partial charge in [-0.1, -0.05) is 0 Å². The second-order valence-corrected chi connectivity index (χ2v) is 4.16. The van der Waals surface area contributed by atoms with E-state index in [4.69, 9.17) is 4.74 Å². The topological polar surface area (TPSA) is 44.1 Å². The molecule has 0 N–H and O–H groups in total. The fourth-order valence-corrected chi connectivity index (χ4v) is 1.88.